The van der Waals surface area contributed by atoms with Crippen LogP contribution in [0.3, 0.4) is 0 Å². The number of fused-ring (bicyclic) bond motifs is 1. The van der Waals surface area contributed by atoms with Crippen LogP contribution in [0.2, 0.25) is 5.02 Å². The predicted molar refractivity (Wildman–Crippen MR) is 159 cm³/mol. The van der Waals surface area contributed by atoms with Gasteiger partial charge in [-0.3, -0.25) is 4.79 Å². The first-order valence-electron chi connectivity index (χ1n) is 12.7. The van der Waals surface area contributed by atoms with Gasteiger partial charge in [-0.05, 0) is 48.5 Å². The van der Waals surface area contributed by atoms with Gasteiger partial charge >= 0.3 is 18.3 Å². The third kappa shape index (κ3) is 6.89. The average molecular weight is 709 g/mol. The van der Waals surface area contributed by atoms with E-state index in [1.165, 1.54) is 36.4 Å². The summed E-state index contributed by atoms with van der Waals surface area (Å²) < 4.78 is 86.6. The monoisotopic (exact) mass is 707 g/mol. The minimum Gasteiger partial charge on any atom is -0.422 e. The second-order valence-electron chi connectivity index (χ2n) is 9.43. The number of amides is 1. The van der Waals surface area contributed by atoms with Gasteiger partial charge in [-0.25, -0.2) is 10.2 Å². The Hall–Kier alpha value is -4.62. The Morgan fingerprint density at radius 1 is 0.889 bits per heavy atom. The molecule has 0 atom stereocenters. The molecule has 0 saturated carbocycles. The topological polar surface area (TPSA) is 83.5 Å². The number of aromatic nitrogens is 1. The van der Waals surface area contributed by atoms with Crippen LogP contribution in [-0.2, 0) is 12.4 Å². The summed E-state index contributed by atoms with van der Waals surface area (Å²) in [5.41, 5.74) is -0.161. The summed E-state index contributed by atoms with van der Waals surface area (Å²) in [6.07, 6.45) is -8.30. The number of para-hydroxylation sites is 1. The average Bonchev–Trinajstić information content (AvgIpc) is 3.37. The Balaban J connectivity index is 1.46. The van der Waals surface area contributed by atoms with E-state index in [9.17, 15) is 35.9 Å². The maximum atomic E-state index is 13.8. The van der Waals surface area contributed by atoms with Gasteiger partial charge in [0.15, 0.2) is 0 Å². The smallest absolute Gasteiger partial charge is 0.418 e. The van der Waals surface area contributed by atoms with Crippen LogP contribution in [-0.4, -0.2) is 23.1 Å². The van der Waals surface area contributed by atoms with Gasteiger partial charge < -0.3 is 9.72 Å². The van der Waals surface area contributed by atoms with Crippen LogP contribution in [0, 0.1) is 0 Å². The third-order valence-electron chi connectivity index (χ3n) is 6.48. The molecule has 6 nitrogen and oxygen atoms in total. The van der Waals surface area contributed by atoms with Crippen molar-refractivity contribution in [2.45, 2.75) is 12.4 Å². The van der Waals surface area contributed by atoms with Crippen molar-refractivity contribution in [3.63, 3.8) is 0 Å². The van der Waals surface area contributed by atoms with E-state index >= 15 is 0 Å². The molecule has 45 heavy (non-hydrogen) atoms. The highest BCUT2D eigenvalue weighted by Crippen LogP contribution is 2.41. The Kier molecular flexibility index (Phi) is 8.77. The van der Waals surface area contributed by atoms with Crippen molar-refractivity contribution in [3.8, 4) is 16.9 Å². The molecule has 4 aromatic carbocycles. The summed E-state index contributed by atoms with van der Waals surface area (Å²) in [5.74, 6) is -2.09. The summed E-state index contributed by atoms with van der Waals surface area (Å²) >= 11 is 9.61. The Labute approximate surface area is 263 Å². The number of hydrogen-bond acceptors (Lipinski definition) is 4. The minimum atomic E-state index is -4.73. The number of nitrogens with one attached hydrogen (secondary N) is 2. The van der Waals surface area contributed by atoms with Crippen molar-refractivity contribution >= 4 is 56.5 Å². The van der Waals surface area contributed by atoms with Crippen LogP contribution in [0.25, 0.3) is 22.0 Å². The molecular weight excluding hydrogens is 692 g/mol. The number of hydrazone groups is 1. The van der Waals surface area contributed by atoms with E-state index < -0.39 is 35.4 Å². The first-order chi connectivity index (χ1) is 21.2. The molecule has 0 bridgehead atoms. The van der Waals surface area contributed by atoms with Gasteiger partial charge in [0.1, 0.15) is 11.4 Å². The van der Waals surface area contributed by atoms with Crippen LogP contribution in [0.4, 0.5) is 26.3 Å². The highest BCUT2D eigenvalue weighted by Gasteiger charge is 2.35. The van der Waals surface area contributed by atoms with Crippen molar-refractivity contribution in [1.29, 1.82) is 0 Å². The molecule has 5 aromatic rings. The summed E-state index contributed by atoms with van der Waals surface area (Å²) in [6.45, 7) is 0. The van der Waals surface area contributed by atoms with Crippen LogP contribution >= 0.6 is 27.5 Å². The fraction of sp³-hybridized carbons (Fsp3) is 0.0645. The van der Waals surface area contributed by atoms with Gasteiger partial charge in [0.2, 0.25) is 0 Å². The number of H-pyrrole nitrogens is 1. The van der Waals surface area contributed by atoms with E-state index in [0.717, 1.165) is 30.5 Å². The van der Waals surface area contributed by atoms with Crippen LogP contribution in [0.1, 0.15) is 37.5 Å². The molecule has 0 aliphatic carbocycles. The molecule has 230 valence electrons. The number of ether oxygens (including phenoxy) is 1. The van der Waals surface area contributed by atoms with Crippen molar-refractivity contribution in [3.05, 3.63) is 122 Å². The molecule has 0 spiro atoms. The highest BCUT2D eigenvalue weighted by molar-refractivity contribution is 9.10. The van der Waals surface area contributed by atoms with Gasteiger partial charge in [0.25, 0.3) is 5.91 Å². The molecule has 0 aliphatic heterocycles. The van der Waals surface area contributed by atoms with Gasteiger partial charge in [-0.1, -0.05) is 63.9 Å². The standard InChI is InChI=1S/C31H17BrClF6N3O3/c32-19-11-12-24(45-29(44)16-5-3-6-18(13-16)30(34,35)36)17(14-19)15-40-42-28(43)27-25(20-7-1-2-10-23(20)33)21-8-4-9-22(26(21)41-27)31(37,38)39/h1-15,41H,(H,42,43). The van der Waals surface area contributed by atoms with Crippen LogP contribution in [0.5, 0.6) is 5.75 Å². The molecular formula is C31H17BrClF6N3O3. The number of carbonyl (C=O) groups excluding carboxylic acids is 2. The highest BCUT2D eigenvalue weighted by atomic mass is 79.9. The molecule has 14 heteroatoms. The first kappa shape index (κ1) is 31.8. The van der Waals surface area contributed by atoms with Gasteiger partial charge in [0, 0.05) is 31.6 Å². The van der Waals surface area contributed by atoms with E-state index in [1.807, 2.05) is 0 Å². The molecule has 1 amide bonds. The lowest BCUT2D eigenvalue weighted by Gasteiger charge is -2.10. The number of carbonyl (C=O) groups is 2. The molecule has 0 aliphatic rings. The molecule has 1 aromatic heterocycles. The summed E-state index contributed by atoms with van der Waals surface area (Å²) in [5, 5.41) is 4.17. The summed E-state index contributed by atoms with van der Waals surface area (Å²) in [6, 6.07) is 17.8. The van der Waals surface area contributed by atoms with Crippen molar-refractivity contribution in [2.75, 3.05) is 0 Å². The second kappa shape index (κ2) is 12.4. The third-order valence-corrected chi connectivity index (χ3v) is 7.30. The minimum absolute atomic E-state index is 0.0998. The lowest BCUT2D eigenvalue weighted by Crippen LogP contribution is -2.19. The number of hydrogen-bond donors (Lipinski definition) is 2. The van der Waals surface area contributed by atoms with E-state index in [4.69, 9.17) is 16.3 Å². The van der Waals surface area contributed by atoms with Crippen LogP contribution in [0.15, 0.2) is 94.5 Å². The van der Waals surface area contributed by atoms with Crippen LogP contribution < -0.4 is 10.2 Å². The Morgan fingerprint density at radius 3 is 2.33 bits per heavy atom. The number of aromatic amines is 1. The maximum Gasteiger partial charge on any atom is 0.418 e. The molecule has 2 N–H and O–H groups in total. The van der Waals surface area contributed by atoms with E-state index in [1.54, 1.807) is 18.2 Å². The predicted octanol–water partition coefficient (Wildman–Crippen LogP) is 9.27. The van der Waals surface area contributed by atoms with Gasteiger partial charge in [-0.15, -0.1) is 0 Å². The van der Waals surface area contributed by atoms with Gasteiger partial charge in [-0.2, -0.15) is 31.4 Å². The van der Waals surface area contributed by atoms with Gasteiger partial charge in [0.05, 0.1) is 28.4 Å². The molecule has 5 rings (SSSR count). The van der Waals surface area contributed by atoms with Crippen molar-refractivity contribution in [1.82, 2.24) is 10.4 Å². The van der Waals surface area contributed by atoms with Crippen molar-refractivity contribution < 1.29 is 40.7 Å². The molecule has 1 heterocycles. The molecule has 0 radical (unpaired) electrons. The Bertz CT molecular complexity index is 1970. The quantitative estimate of drug-likeness (QED) is 0.0607. The SMILES string of the molecule is O=C(Oc1ccc(Br)cc1C=NNC(=O)c1[nH]c2c(C(F)(F)F)cccc2c1-c1ccccc1Cl)c1cccc(C(F)(F)F)c1. The largest absolute Gasteiger partial charge is 0.422 e. The number of rotatable bonds is 6. The zero-order chi connectivity index (χ0) is 32.5. The Morgan fingerprint density at radius 2 is 1.62 bits per heavy atom. The maximum absolute atomic E-state index is 13.8. The zero-order valence-corrected chi connectivity index (χ0v) is 24.7. The number of nitrogens with zero attached hydrogens (tertiary/aromatic N) is 1. The lowest BCUT2D eigenvalue weighted by molar-refractivity contribution is -0.138. The van der Waals surface area contributed by atoms with E-state index in [-0.39, 0.29) is 44.1 Å². The molecule has 0 unspecified atom stereocenters. The zero-order valence-electron chi connectivity index (χ0n) is 22.4. The first-order valence-corrected chi connectivity index (χ1v) is 13.9. The summed E-state index contributed by atoms with van der Waals surface area (Å²) in [7, 11) is 0. The van der Waals surface area contributed by atoms with E-state index in [0.29, 0.717) is 16.1 Å². The summed E-state index contributed by atoms with van der Waals surface area (Å²) in [4.78, 5) is 28.6. The van der Waals surface area contributed by atoms with E-state index in [2.05, 4.69) is 31.4 Å². The number of esters is 1. The molecule has 0 fully saturated rings. The fourth-order valence-electron chi connectivity index (χ4n) is 4.48. The fourth-order valence-corrected chi connectivity index (χ4v) is 5.09. The lowest BCUT2D eigenvalue weighted by atomic mass is 10.00. The molecule has 0 saturated heterocycles. The number of benzene rings is 4. The number of alkyl halides is 6. The second-order valence-corrected chi connectivity index (χ2v) is 10.8. The van der Waals surface area contributed by atoms with Crippen molar-refractivity contribution in [2.24, 2.45) is 5.10 Å². The number of halogens is 8. The normalized spacial score (nSPS) is 12.1.